The maximum absolute atomic E-state index is 13.6. The van der Waals surface area contributed by atoms with E-state index in [-0.39, 0.29) is 17.7 Å². The number of aromatic nitrogens is 5. The second kappa shape index (κ2) is 8.91. The van der Waals surface area contributed by atoms with Crippen molar-refractivity contribution < 1.29 is 8.42 Å². The molecule has 0 fully saturated rings. The van der Waals surface area contributed by atoms with Crippen molar-refractivity contribution in [1.29, 1.82) is 0 Å². The first-order chi connectivity index (χ1) is 17.8. The number of nitrogens with zero attached hydrogens (tertiary/aromatic N) is 5. The van der Waals surface area contributed by atoms with E-state index < -0.39 is 10.0 Å². The number of aryl methyl sites for hydroxylation is 1. The smallest absolute Gasteiger partial charge is 0.216 e. The molecule has 184 valence electrons. The fourth-order valence-electron chi connectivity index (χ4n) is 4.39. The zero-order chi connectivity index (χ0) is 25.6. The van der Waals surface area contributed by atoms with E-state index in [1.54, 1.807) is 53.6 Å². The number of imidazole rings is 1. The van der Waals surface area contributed by atoms with Crippen LogP contribution < -0.4 is 10.2 Å². The monoisotopic (exact) mass is 510 g/mol. The van der Waals surface area contributed by atoms with Crippen LogP contribution in [-0.4, -0.2) is 32.6 Å². The number of hydrogen-bond acceptors (Lipinski definition) is 6. The average molecular weight is 511 g/mol. The van der Waals surface area contributed by atoms with Crippen LogP contribution in [0.4, 0.5) is 0 Å². The third-order valence-electron chi connectivity index (χ3n) is 6.23. The van der Waals surface area contributed by atoms with Gasteiger partial charge in [-0.25, -0.2) is 18.1 Å². The molecule has 4 aromatic heterocycles. The Morgan fingerprint density at radius 2 is 1.81 bits per heavy atom. The maximum Gasteiger partial charge on any atom is 0.216 e. The molecule has 0 atom stereocenters. The predicted molar refractivity (Wildman–Crippen MR) is 142 cm³/mol. The number of pyridine rings is 2. The molecule has 4 heterocycles. The summed E-state index contributed by atoms with van der Waals surface area (Å²) in [5.74, 6) is -0.258. The second-order valence-corrected chi connectivity index (χ2v) is 10.7. The van der Waals surface area contributed by atoms with Crippen LogP contribution in [0.25, 0.3) is 38.4 Å². The highest BCUT2D eigenvalue weighted by molar-refractivity contribution is 7.88. The first-order valence-electron chi connectivity index (χ1n) is 11.6. The van der Waals surface area contributed by atoms with Crippen LogP contribution in [-0.2, 0) is 29.4 Å². The standard InChI is InChI=1S/C27H22N6O3S/c1-32-15-21(13-29-32)20-11-24-25(28-12-20)8-7-19-6-5-18(10-23(19)27(24)34)17-37(35,36)30-14-22-16-33-9-3-2-4-26(33)31-22/h2-13,15-16,30H,14,17H2,1H3. The molecule has 37 heavy (non-hydrogen) atoms. The van der Waals surface area contributed by atoms with E-state index in [0.717, 1.165) is 16.8 Å². The topological polar surface area (TPSA) is 111 Å². The molecule has 10 heteroatoms. The second-order valence-electron chi connectivity index (χ2n) is 8.92. The molecule has 6 aromatic rings. The molecular weight excluding hydrogens is 488 g/mol. The lowest BCUT2D eigenvalue weighted by molar-refractivity contribution is 0.580. The zero-order valence-electron chi connectivity index (χ0n) is 19.9. The van der Waals surface area contributed by atoms with Crippen LogP contribution >= 0.6 is 0 Å². The van der Waals surface area contributed by atoms with Gasteiger partial charge >= 0.3 is 0 Å². The van der Waals surface area contributed by atoms with Crippen molar-refractivity contribution in [3.63, 3.8) is 0 Å². The molecule has 1 N–H and O–H groups in total. The van der Waals surface area contributed by atoms with E-state index in [9.17, 15) is 13.2 Å². The van der Waals surface area contributed by atoms with Crippen LogP contribution in [0.15, 0.2) is 90.4 Å². The van der Waals surface area contributed by atoms with Crippen LogP contribution in [0.1, 0.15) is 11.3 Å². The largest absolute Gasteiger partial charge is 0.307 e. The summed E-state index contributed by atoms with van der Waals surface area (Å²) in [5.41, 5.74) is 3.88. The first-order valence-corrected chi connectivity index (χ1v) is 13.2. The Morgan fingerprint density at radius 1 is 0.946 bits per heavy atom. The Labute approximate surface area is 212 Å². The normalized spacial score (nSPS) is 12.0. The van der Waals surface area contributed by atoms with E-state index >= 15 is 0 Å². The lowest BCUT2D eigenvalue weighted by Crippen LogP contribution is -2.24. The van der Waals surface area contributed by atoms with Crippen molar-refractivity contribution in [3.05, 3.63) is 107 Å². The predicted octanol–water partition coefficient (Wildman–Crippen LogP) is 3.42. The summed E-state index contributed by atoms with van der Waals surface area (Å²) >= 11 is 0. The van der Waals surface area contributed by atoms with Gasteiger partial charge in [0.15, 0.2) is 5.43 Å². The van der Waals surface area contributed by atoms with E-state index in [4.69, 9.17) is 0 Å². The van der Waals surface area contributed by atoms with Crippen LogP contribution in [0, 0.1) is 0 Å². The lowest BCUT2D eigenvalue weighted by Gasteiger charge is -2.06. The number of hydrogen-bond donors (Lipinski definition) is 1. The highest BCUT2D eigenvalue weighted by Gasteiger charge is 2.14. The Balaban J connectivity index is 1.32. The minimum atomic E-state index is -3.67. The molecular formula is C27H22N6O3S. The first kappa shape index (κ1) is 23.0. The van der Waals surface area contributed by atoms with Crippen molar-refractivity contribution >= 4 is 37.3 Å². The van der Waals surface area contributed by atoms with Crippen LogP contribution in [0.5, 0.6) is 0 Å². The van der Waals surface area contributed by atoms with Gasteiger partial charge in [0, 0.05) is 53.7 Å². The third kappa shape index (κ3) is 4.59. The summed E-state index contributed by atoms with van der Waals surface area (Å²) in [6.07, 6.45) is 8.94. The van der Waals surface area contributed by atoms with Crippen molar-refractivity contribution in [1.82, 2.24) is 28.9 Å². The summed E-state index contributed by atoms with van der Waals surface area (Å²) in [6, 6.07) is 16.2. The van der Waals surface area contributed by atoms with Gasteiger partial charge in [0.2, 0.25) is 10.0 Å². The minimum Gasteiger partial charge on any atom is -0.307 e. The van der Waals surface area contributed by atoms with Gasteiger partial charge in [-0.3, -0.25) is 14.5 Å². The average Bonchev–Trinajstić information content (AvgIpc) is 3.49. The van der Waals surface area contributed by atoms with Crippen LogP contribution in [0.2, 0.25) is 0 Å². The van der Waals surface area contributed by atoms with Gasteiger partial charge in [-0.15, -0.1) is 0 Å². The van der Waals surface area contributed by atoms with Gasteiger partial charge in [0.25, 0.3) is 0 Å². The Hall–Kier alpha value is -4.41. The highest BCUT2D eigenvalue weighted by atomic mass is 32.2. The summed E-state index contributed by atoms with van der Waals surface area (Å²) in [4.78, 5) is 22.5. The van der Waals surface area contributed by atoms with E-state index in [2.05, 4.69) is 19.8 Å². The number of benzene rings is 1. The van der Waals surface area contributed by atoms with Gasteiger partial charge in [-0.05, 0) is 41.3 Å². The lowest BCUT2D eigenvalue weighted by atomic mass is 10.1. The molecule has 0 aliphatic carbocycles. The van der Waals surface area contributed by atoms with Gasteiger partial charge in [0.1, 0.15) is 5.65 Å². The zero-order valence-corrected chi connectivity index (χ0v) is 20.7. The fourth-order valence-corrected chi connectivity index (χ4v) is 5.48. The Bertz CT molecular complexity index is 1950. The van der Waals surface area contributed by atoms with Crippen molar-refractivity contribution in [2.24, 2.45) is 7.05 Å². The molecule has 0 unspecified atom stereocenters. The number of fused-ring (bicyclic) bond motifs is 3. The van der Waals surface area contributed by atoms with Crippen molar-refractivity contribution in [2.45, 2.75) is 12.3 Å². The molecule has 0 spiro atoms. The fraction of sp³-hybridized carbons (Fsp3) is 0.111. The molecule has 0 saturated carbocycles. The molecule has 0 aliphatic rings. The van der Waals surface area contributed by atoms with E-state index in [1.165, 1.54) is 0 Å². The van der Waals surface area contributed by atoms with Gasteiger partial charge < -0.3 is 4.40 Å². The summed E-state index contributed by atoms with van der Waals surface area (Å²) in [5, 5.41) is 5.80. The van der Waals surface area contributed by atoms with Crippen LogP contribution in [0.3, 0.4) is 0 Å². The van der Waals surface area contributed by atoms with Gasteiger partial charge in [-0.1, -0.05) is 24.3 Å². The number of nitrogens with one attached hydrogen (secondary N) is 1. The molecule has 9 nitrogen and oxygen atoms in total. The quantitative estimate of drug-likeness (QED) is 0.368. The molecule has 0 amide bonds. The maximum atomic E-state index is 13.6. The van der Waals surface area contributed by atoms with Gasteiger partial charge in [0.05, 0.1) is 29.7 Å². The molecule has 2 aromatic carbocycles. The molecule has 6 rings (SSSR count). The summed E-state index contributed by atoms with van der Waals surface area (Å²) in [6.45, 7) is 0.0762. The van der Waals surface area contributed by atoms with Crippen molar-refractivity contribution in [2.75, 3.05) is 0 Å². The molecule has 0 aliphatic heterocycles. The van der Waals surface area contributed by atoms with Gasteiger partial charge in [-0.2, -0.15) is 5.10 Å². The molecule has 0 bridgehead atoms. The van der Waals surface area contributed by atoms with E-state index in [0.29, 0.717) is 32.9 Å². The Kier molecular flexibility index (Phi) is 5.54. The van der Waals surface area contributed by atoms with E-state index in [1.807, 2.05) is 48.1 Å². The van der Waals surface area contributed by atoms with Crippen molar-refractivity contribution in [3.8, 4) is 11.1 Å². The number of rotatable bonds is 6. The number of sulfonamides is 1. The molecule has 0 saturated heterocycles. The highest BCUT2D eigenvalue weighted by Crippen LogP contribution is 2.22. The SMILES string of the molecule is Cn1cc(-c2cnc3ccc4ccc(CS(=O)(=O)NCc5cn6ccccc6n5)cc4c(=O)c3c2)cn1. The molecule has 0 radical (unpaired) electrons. The Morgan fingerprint density at radius 3 is 2.62 bits per heavy atom. The third-order valence-corrected chi connectivity index (χ3v) is 7.53. The summed E-state index contributed by atoms with van der Waals surface area (Å²) < 4.78 is 31.8. The minimum absolute atomic E-state index is 0.0762. The summed E-state index contributed by atoms with van der Waals surface area (Å²) in [7, 11) is -1.85.